The lowest BCUT2D eigenvalue weighted by molar-refractivity contribution is -0.138. The van der Waals surface area contributed by atoms with Crippen molar-refractivity contribution in [3.05, 3.63) is 71.3 Å². The maximum atomic E-state index is 12.9. The molecule has 0 spiro atoms. The zero-order chi connectivity index (χ0) is 14.6. The fraction of sp³-hybridized carbons (Fsp3) is 0.250. The molecule has 0 bridgehead atoms. The molecule has 0 aromatic heterocycles. The van der Waals surface area contributed by atoms with E-state index in [1.807, 2.05) is 30.3 Å². The number of hydrogen-bond acceptors (Lipinski definition) is 0. The van der Waals surface area contributed by atoms with E-state index in [1.54, 1.807) is 6.07 Å². The highest BCUT2D eigenvalue weighted by molar-refractivity contribution is 6.20. The first kappa shape index (κ1) is 14.9. The molecule has 0 saturated heterocycles. The van der Waals surface area contributed by atoms with Crippen molar-refractivity contribution in [3.63, 3.8) is 0 Å². The van der Waals surface area contributed by atoms with E-state index in [2.05, 4.69) is 0 Å². The minimum Gasteiger partial charge on any atom is -0.166 e. The Morgan fingerprint density at radius 1 is 0.900 bits per heavy atom. The average molecular weight is 299 g/mol. The summed E-state index contributed by atoms with van der Waals surface area (Å²) in [4.78, 5) is 0. The summed E-state index contributed by atoms with van der Waals surface area (Å²) >= 11 is 6.24. The van der Waals surface area contributed by atoms with Gasteiger partial charge in [0, 0.05) is 0 Å². The molecule has 2 aromatic carbocycles. The van der Waals surface area contributed by atoms with Crippen molar-refractivity contribution in [1.29, 1.82) is 0 Å². The van der Waals surface area contributed by atoms with Gasteiger partial charge in [-0.3, -0.25) is 0 Å². The third kappa shape index (κ3) is 3.76. The van der Waals surface area contributed by atoms with Gasteiger partial charge < -0.3 is 0 Å². The van der Waals surface area contributed by atoms with Gasteiger partial charge in [-0.25, -0.2) is 0 Å². The molecule has 0 saturated carbocycles. The van der Waals surface area contributed by atoms with Crippen LogP contribution in [0.25, 0.3) is 0 Å². The number of halogens is 4. The van der Waals surface area contributed by atoms with Crippen molar-refractivity contribution >= 4 is 11.6 Å². The zero-order valence-corrected chi connectivity index (χ0v) is 11.5. The summed E-state index contributed by atoms with van der Waals surface area (Å²) in [7, 11) is 0. The fourth-order valence-corrected chi connectivity index (χ4v) is 2.38. The number of rotatable bonds is 4. The van der Waals surface area contributed by atoms with Crippen molar-refractivity contribution in [1.82, 2.24) is 0 Å². The van der Waals surface area contributed by atoms with Crippen LogP contribution in [0.5, 0.6) is 0 Å². The zero-order valence-electron chi connectivity index (χ0n) is 10.7. The molecule has 1 unspecified atom stereocenters. The van der Waals surface area contributed by atoms with Crippen LogP contribution >= 0.6 is 11.6 Å². The summed E-state index contributed by atoms with van der Waals surface area (Å²) in [5.74, 6) is 0. The highest BCUT2D eigenvalue weighted by atomic mass is 35.5. The van der Waals surface area contributed by atoms with Gasteiger partial charge in [0.15, 0.2) is 0 Å². The molecule has 1 atom stereocenters. The lowest BCUT2D eigenvalue weighted by Crippen LogP contribution is -2.09. The van der Waals surface area contributed by atoms with Crippen LogP contribution in [0.1, 0.15) is 28.5 Å². The van der Waals surface area contributed by atoms with Gasteiger partial charge in [-0.1, -0.05) is 48.5 Å². The fourth-order valence-electron chi connectivity index (χ4n) is 2.13. The summed E-state index contributed by atoms with van der Waals surface area (Å²) in [5, 5.41) is -0.280. The molecule has 4 heteroatoms. The summed E-state index contributed by atoms with van der Waals surface area (Å²) < 4.78 is 38.6. The Bertz CT molecular complexity index is 549. The van der Waals surface area contributed by atoms with Gasteiger partial charge in [0.1, 0.15) is 0 Å². The van der Waals surface area contributed by atoms with Crippen LogP contribution < -0.4 is 0 Å². The quantitative estimate of drug-likeness (QED) is 0.643. The van der Waals surface area contributed by atoms with E-state index in [0.29, 0.717) is 18.4 Å². The van der Waals surface area contributed by atoms with Gasteiger partial charge in [0.2, 0.25) is 0 Å². The number of aryl methyl sites for hydroxylation is 1. The van der Waals surface area contributed by atoms with E-state index in [1.165, 1.54) is 12.1 Å². The summed E-state index contributed by atoms with van der Waals surface area (Å²) in [6.07, 6.45) is -3.54. The molecule has 0 aliphatic rings. The number of benzene rings is 2. The second-order valence-corrected chi connectivity index (χ2v) is 5.10. The first-order valence-corrected chi connectivity index (χ1v) is 6.76. The smallest absolute Gasteiger partial charge is 0.166 e. The average Bonchev–Trinajstić information content (AvgIpc) is 2.45. The highest BCUT2D eigenvalue weighted by Crippen LogP contribution is 2.34. The Morgan fingerprint density at radius 2 is 1.50 bits per heavy atom. The van der Waals surface area contributed by atoms with Crippen LogP contribution in [0.2, 0.25) is 0 Å². The molecular weight excluding hydrogens is 285 g/mol. The Labute approximate surface area is 121 Å². The molecule has 0 amide bonds. The summed E-state index contributed by atoms with van der Waals surface area (Å²) in [6, 6.07) is 15.0. The Morgan fingerprint density at radius 3 is 2.15 bits per heavy atom. The van der Waals surface area contributed by atoms with E-state index in [-0.39, 0.29) is 5.38 Å². The van der Waals surface area contributed by atoms with Gasteiger partial charge in [0.05, 0.1) is 10.9 Å². The molecule has 20 heavy (non-hydrogen) atoms. The van der Waals surface area contributed by atoms with Crippen LogP contribution in [-0.2, 0) is 12.6 Å². The normalized spacial score (nSPS) is 13.2. The number of hydrogen-bond donors (Lipinski definition) is 0. The van der Waals surface area contributed by atoms with Gasteiger partial charge in [-0.2, -0.15) is 13.2 Å². The molecule has 2 rings (SSSR count). The van der Waals surface area contributed by atoms with E-state index < -0.39 is 11.7 Å². The first-order chi connectivity index (χ1) is 9.48. The van der Waals surface area contributed by atoms with E-state index in [4.69, 9.17) is 11.6 Å². The van der Waals surface area contributed by atoms with Gasteiger partial charge in [0.25, 0.3) is 0 Å². The standard InChI is InChI=1S/C16H14ClF3/c17-15(13-7-2-1-3-8-13)11-10-12-6-4-5-9-14(12)16(18,19)20/h1-9,15H,10-11H2. The lowest BCUT2D eigenvalue weighted by Gasteiger charge is -2.14. The van der Waals surface area contributed by atoms with Crippen molar-refractivity contribution in [2.45, 2.75) is 24.4 Å². The van der Waals surface area contributed by atoms with E-state index >= 15 is 0 Å². The van der Waals surface area contributed by atoms with Crippen molar-refractivity contribution in [2.75, 3.05) is 0 Å². The Hall–Kier alpha value is -1.48. The first-order valence-electron chi connectivity index (χ1n) is 6.32. The van der Waals surface area contributed by atoms with Crippen molar-refractivity contribution in [2.24, 2.45) is 0 Å². The molecule has 2 aromatic rings. The van der Waals surface area contributed by atoms with E-state index in [9.17, 15) is 13.2 Å². The van der Waals surface area contributed by atoms with Gasteiger partial charge >= 0.3 is 6.18 Å². The lowest BCUT2D eigenvalue weighted by atomic mass is 9.99. The molecule has 0 aliphatic heterocycles. The van der Waals surface area contributed by atoms with Crippen molar-refractivity contribution in [3.8, 4) is 0 Å². The minimum atomic E-state index is -4.31. The molecular formula is C16H14ClF3. The van der Waals surface area contributed by atoms with Crippen molar-refractivity contribution < 1.29 is 13.2 Å². The molecule has 0 radical (unpaired) electrons. The largest absolute Gasteiger partial charge is 0.416 e. The maximum absolute atomic E-state index is 12.9. The molecule has 0 N–H and O–H groups in total. The van der Waals surface area contributed by atoms with Crippen LogP contribution in [0, 0.1) is 0 Å². The maximum Gasteiger partial charge on any atom is 0.416 e. The van der Waals surface area contributed by atoms with Gasteiger partial charge in [-0.05, 0) is 30.0 Å². The predicted molar refractivity (Wildman–Crippen MR) is 74.8 cm³/mol. The Kier molecular flexibility index (Phi) is 4.71. The molecule has 0 heterocycles. The second-order valence-electron chi connectivity index (χ2n) is 4.57. The topological polar surface area (TPSA) is 0 Å². The minimum absolute atomic E-state index is 0.280. The summed E-state index contributed by atoms with van der Waals surface area (Å²) in [6.45, 7) is 0. The molecule has 0 aliphatic carbocycles. The van der Waals surface area contributed by atoms with Crippen LogP contribution in [0.4, 0.5) is 13.2 Å². The Balaban J connectivity index is 2.08. The monoisotopic (exact) mass is 298 g/mol. The van der Waals surface area contributed by atoms with E-state index in [0.717, 1.165) is 11.6 Å². The molecule has 0 nitrogen and oxygen atoms in total. The third-order valence-corrected chi connectivity index (χ3v) is 3.62. The molecule has 0 fully saturated rings. The highest BCUT2D eigenvalue weighted by Gasteiger charge is 2.32. The third-order valence-electron chi connectivity index (χ3n) is 3.15. The SMILES string of the molecule is FC(F)(F)c1ccccc1CCC(Cl)c1ccccc1. The second kappa shape index (κ2) is 6.31. The van der Waals surface area contributed by atoms with Crippen LogP contribution in [0.15, 0.2) is 54.6 Å². The summed E-state index contributed by atoms with van der Waals surface area (Å²) in [5.41, 5.74) is 0.650. The number of alkyl halides is 4. The van der Waals surface area contributed by atoms with Crippen LogP contribution in [0.3, 0.4) is 0 Å². The molecule has 106 valence electrons. The van der Waals surface area contributed by atoms with Gasteiger partial charge in [-0.15, -0.1) is 11.6 Å². The van der Waals surface area contributed by atoms with Crippen LogP contribution in [-0.4, -0.2) is 0 Å². The predicted octanol–water partition coefficient (Wildman–Crippen LogP) is 5.62.